The van der Waals surface area contributed by atoms with E-state index in [0.717, 1.165) is 56.1 Å². The minimum Gasteiger partial charge on any atom is -0.482 e. The predicted octanol–water partition coefficient (Wildman–Crippen LogP) is 5.38. The molecule has 0 bridgehead atoms. The van der Waals surface area contributed by atoms with Gasteiger partial charge in [0.1, 0.15) is 17.7 Å². The number of nitrogens with zero attached hydrogens (tertiary/aromatic N) is 5. The molecule has 0 aliphatic carbocycles. The van der Waals surface area contributed by atoms with E-state index in [-0.39, 0.29) is 16.3 Å². The predicted molar refractivity (Wildman–Crippen MR) is 140 cm³/mol. The summed E-state index contributed by atoms with van der Waals surface area (Å²) in [4.78, 5) is 14.4. The summed E-state index contributed by atoms with van der Waals surface area (Å²) >= 11 is 12.5. The maximum absolute atomic E-state index is 14.0. The van der Waals surface area contributed by atoms with Crippen LogP contribution in [0.15, 0.2) is 42.9 Å². The highest BCUT2D eigenvalue weighted by Gasteiger charge is 2.45. The quantitative estimate of drug-likeness (QED) is 0.318. The number of ether oxygens (including phenoxy) is 1. The molecule has 11 heteroatoms. The third-order valence-electron chi connectivity index (χ3n) is 7.45. The van der Waals surface area contributed by atoms with Gasteiger partial charge in [0, 0.05) is 58.9 Å². The Kier molecular flexibility index (Phi) is 6.09. The van der Waals surface area contributed by atoms with Crippen LogP contribution >= 0.6 is 23.2 Å². The zero-order chi connectivity index (χ0) is 25.7. The molecule has 1 aromatic carbocycles. The van der Waals surface area contributed by atoms with Crippen LogP contribution in [0.5, 0.6) is 5.75 Å². The third kappa shape index (κ3) is 4.35. The molecule has 5 heterocycles. The number of anilines is 1. The molecule has 6 rings (SSSR count). The van der Waals surface area contributed by atoms with Gasteiger partial charge in [-0.3, -0.25) is 9.58 Å². The number of nitrogens with one attached hydrogen (secondary N) is 1. The van der Waals surface area contributed by atoms with Crippen LogP contribution < -0.4 is 10.5 Å². The van der Waals surface area contributed by atoms with Crippen molar-refractivity contribution in [1.82, 2.24) is 29.6 Å². The molecule has 0 radical (unpaired) electrons. The average molecular weight is 542 g/mol. The SMILES string of the molecule is CC(Oc1cc(-c2cc3n(n2)CC[C@@]32CCN(Cc3ncc[nH]3)C2)cnc1N)c1c(Cl)ccc(F)c1Cl. The molecule has 0 amide bonds. The fraction of sp³-hybridized carbons (Fsp3) is 0.346. The third-order valence-corrected chi connectivity index (χ3v) is 8.17. The molecule has 0 saturated carbocycles. The lowest BCUT2D eigenvalue weighted by molar-refractivity contribution is 0.227. The van der Waals surface area contributed by atoms with Crippen LogP contribution in [0.4, 0.5) is 10.2 Å². The van der Waals surface area contributed by atoms with Crippen molar-refractivity contribution < 1.29 is 9.13 Å². The molecule has 37 heavy (non-hydrogen) atoms. The number of nitrogen functional groups attached to an aromatic ring is 1. The molecule has 192 valence electrons. The zero-order valence-corrected chi connectivity index (χ0v) is 21.7. The lowest BCUT2D eigenvalue weighted by atomic mass is 9.82. The van der Waals surface area contributed by atoms with Gasteiger partial charge in [-0.15, -0.1) is 0 Å². The Hall–Kier alpha value is -3.14. The van der Waals surface area contributed by atoms with Gasteiger partial charge in [0.05, 0.1) is 17.3 Å². The molecule has 2 atom stereocenters. The van der Waals surface area contributed by atoms with Crippen LogP contribution in [0.2, 0.25) is 10.0 Å². The first kappa shape index (κ1) is 24.2. The summed E-state index contributed by atoms with van der Waals surface area (Å²) in [6.07, 6.45) is 6.85. The second kappa shape index (κ2) is 9.31. The standard InChI is InChI=1S/C26H26Cl2FN7O/c1-15(23-17(27)2-3-18(29)24(23)28)37-20-10-16(12-33-25(20)30)19-11-21-26(5-9-36(21)34-19)4-8-35(14-26)13-22-31-6-7-32-22/h2-3,6-7,10-12,15H,4-5,8-9,13-14H2,1H3,(H2,30,33)(H,31,32)/t15?,26-/m1/s1. The van der Waals surface area contributed by atoms with Gasteiger partial charge in [0.15, 0.2) is 11.6 Å². The molecule has 1 fully saturated rings. The Balaban J connectivity index is 1.24. The highest BCUT2D eigenvalue weighted by molar-refractivity contribution is 6.36. The van der Waals surface area contributed by atoms with E-state index in [4.69, 9.17) is 38.8 Å². The molecule has 3 N–H and O–H groups in total. The Morgan fingerprint density at radius 2 is 2.05 bits per heavy atom. The minimum absolute atomic E-state index is 0.0730. The second-order valence-corrected chi connectivity index (χ2v) is 10.6. The van der Waals surface area contributed by atoms with Crippen molar-refractivity contribution in [2.45, 2.75) is 44.4 Å². The molecular weight excluding hydrogens is 516 g/mol. The molecule has 4 aromatic rings. The number of imidazole rings is 1. The van der Waals surface area contributed by atoms with Gasteiger partial charge >= 0.3 is 0 Å². The van der Waals surface area contributed by atoms with Crippen LogP contribution in [-0.2, 0) is 18.5 Å². The first-order valence-corrected chi connectivity index (χ1v) is 12.9. The van der Waals surface area contributed by atoms with Crippen molar-refractivity contribution in [2.75, 3.05) is 18.8 Å². The number of nitrogens with two attached hydrogens (primary N) is 1. The van der Waals surface area contributed by atoms with E-state index >= 15 is 0 Å². The maximum Gasteiger partial charge on any atom is 0.166 e. The lowest BCUT2D eigenvalue weighted by Gasteiger charge is -2.23. The second-order valence-electron chi connectivity index (χ2n) is 9.79. The number of aryl methyl sites for hydroxylation is 1. The van der Waals surface area contributed by atoms with Crippen LogP contribution in [0.1, 0.15) is 43.0 Å². The van der Waals surface area contributed by atoms with Gasteiger partial charge < -0.3 is 15.5 Å². The van der Waals surface area contributed by atoms with Gasteiger partial charge in [0.2, 0.25) is 0 Å². The number of pyridine rings is 1. The summed E-state index contributed by atoms with van der Waals surface area (Å²) in [5.74, 6) is 0.994. The number of halogens is 3. The molecule has 2 aliphatic rings. The molecule has 3 aromatic heterocycles. The molecular formula is C26H26Cl2FN7O. The van der Waals surface area contributed by atoms with E-state index in [2.05, 4.69) is 30.6 Å². The summed E-state index contributed by atoms with van der Waals surface area (Å²) in [6.45, 7) is 5.42. The van der Waals surface area contributed by atoms with Crippen LogP contribution in [-0.4, -0.2) is 42.7 Å². The summed E-state index contributed by atoms with van der Waals surface area (Å²) in [5, 5.41) is 5.12. The number of likely N-dealkylation sites (tertiary alicyclic amines) is 1. The molecule has 1 unspecified atom stereocenters. The largest absolute Gasteiger partial charge is 0.482 e. The Morgan fingerprint density at radius 1 is 1.22 bits per heavy atom. The first-order valence-electron chi connectivity index (χ1n) is 12.2. The number of hydrogen-bond acceptors (Lipinski definition) is 6. The van der Waals surface area contributed by atoms with Gasteiger partial charge in [-0.05, 0) is 50.6 Å². The number of rotatable bonds is 6. The van der Waals surface area contributed by atoms with Crippen molar-refractivity contribution in [2.24, 2.45) is 0 Å². The minimum atomic E-state index is -0.649. The van der Waals surface area contributed by atoms with Gasteiger partial charge in [0.25, 0.3) is 0 Å². The molecule has 1 spiro atoms. The number of aromatic amines is 1. The van der Waals surface area contributed by atoms with E-state index in [1.54, 1.807) is 19.3 Å². The Bertz CT molecular complexity index is 1460. The van der Waals surface area contributed by atoms with Crippen molar-refractivity contribution in [3.63, 3.8) is 0 Å². The number of fused-ring (bicyclic) bond motifs is 2. The normalized spacial score (nSPS) is 20.0. The highest BCUT2D eigenvalue weighted by Crippen LogP contribution is 2.44. The number of H-pyrrole nitrogens is 1. The fourth-order valence-corrected chi connectivity index (χ4v) is 6.24. The van der Waals surface area contributed by atoms with Crippen molar-refractivity contribution in [3.05, 3.63) is 75.8 Å². The van der Waals surface area contributed by atoms with E-state index in [0.29, 0.717) is 16.3 Å². The van der Waals surface area contributed by atoms with Gasteiger partial charge in [-0.2, -0.15) is 5.10 Å². The van der Waals surface area contributed by atoms with Crippen LogP contribution in [0.3, 0.4) is 0 Å². The lowest BCUT2D eigenvalue weighted by Crippen LogP contribution is -2.29. The average Bonchev–Trinajstić information content (AvgIpc) is 3.66. The topological polar surface area (TPSA) is 97.9 Å². The van der Waals surface area contributed by atoms with Crippen molar-refractivity contribution in [3.8, 4) is 17.0 Å². The highest BCUT2D eigenvalue weighted by atomic mass is 35.5. The number of aromatic nitrogens is 5. The van der Waals surface area contributed by atoms with E-state index < -0.39 is 11.9 Å². The maximum atomic E-state index is 14.0. The molecule has 8 nitrogen and oxygen atoms in total. The number of hydrogen-bond donors (Lipinski definition) is 2. The van der Waals surface area contributed by atoms with E-state index in [1.807, 2.05) is 12.3 Å². The van der Waals surface area contributed by atoms with Crippen LogP contribution in [0.25, 0.3) is 11.3 Å². The Labute approximate surface area is 223 Å². The van der Waals surface area contributed by atoms with Crippen molar-refractivity contribution in [1.29, 1.82) is 0 Å². The monoisotopic (exact) mass is 541 g/mol. The number of benzene rings is 1. The Morgan fingerprint density at radius 3 is 2.86 bits per heavy atom. The van der Waals surface area contributed by atoms with Crippen molar-refractivity contribution >= 4 is 29.0 Å². The first-order chi connectivity index (χ1) is 17.8. The van der Waals surface area contributed by atoms with E-state index in [1.165, 1.54) is 17.8 Å². The smallest absolute Gasteiger partial charge is 0.166 e. The van der Waals surface area contributed by atoms with Crippen LogP contribution in [0, 0.1) is 5.82 Å². The molecule has 2 aliphatic heterocycles. The fourth-order valence-electron chi connectivity index (χ4n) is 5.56. The summed E-state index contributed by atoms with van der Waals surface area (Å²) in [7, 11) is 0. The van der Waals surface area contributed by atoms with Gasteiger partial charge in [-0.1, -0.05) is 23.2 Å². The zero-order valence-electron chi connectivity index (χ0n) is 20.2. The van der Waals surface area contributed by atoms with Gasteiger partial charge in [-0.25, -0.2) is 14.4 Å². The summed E-state index contributed by atoms with van der Waals surface area (Å²) in [5.41, 5.74) is 9.41. The summed E-state index contributed by atoms with van der Waals surface area (Å²) in [6, 6.07) is 6.65. The summed E-state index contributed by atoms with van der Waals surface area (Å²) < 4.78 is 22.2. The van der Waals surface area contributed by atoms with E-state index in [9.17, 15) is 4.39 Å². The molecule has 1 saturated heterocycles.